The molecule has 0 heterocycles. The maximum atomic E-state index is 11.9. The molecule has 0 saturated carbocycles. The molecule has 21 heavy (non-hydrogen) atoms. The second-order valence-electron chi connectivity index (χ2n) is 4.58. The van der Waals surface area contributed by atoms with Crippen molar-refractivity contribution in [3.63, 3.8) is 0 Å². The molecule has 1 aromatic carbocycles. The number of carboxylic acids is 1. The van der Waals surface area contributed by atoms with Crippen LogP contribution in [0.25, 0.3) is 0 Å². The second-order valence-corrected chi connectivity index (χ2v) is 4.99. The van der Waals surface area contributed by atoms with Gasteiger partial charge in [-0.1, -0.05) is 11.6 Å². The Labute approximate surface area is 126 Å². The minimum atomic E-state index is -0.887. The van der Waals surface area contributed by atoms with Crippen LogP contribution in [0.3, 0.4) is 0 Å². The van der Waals surface area contributed by atoms with Gasteiger partial charge in [0.25, 0.3) is 11.6 Å². The standard InChI is InChI=1S/C13H15ClN2O5/c1-8(3-2-4-12(17)18)15-13(19)9-5-6-10(14)11(7-9)16(20)21/h5-8H,2-4H2,1H3,(H,15,19)(H,17,18). The number of nitro groups is 1. The van der Waals surface area contributed by atoms with Gasteiger partial charge in [-0.3, -0.25) is 19.7 Å². The Kier molecular flexibility index (Phi) is 6.10. The van der Waals surface area contributed by atoms with Gasteiger partial charge in [0.2, 0.25) is 0 Å². The summed E-state index contributed by atoms with van der Waals surface area (Å²) in [6.07, 6.45) is 0.984. The summed E-state index contributed by atoms with van der Waals surface area (Å²) in [6.45, 7) is 1.74. The van der Waals surface area contributed by atoms with Crippen LogP contribution in [0.15, 0.2) is 18.2 Å². The average Bonchev–Trinajstić information content (AvgIpc) is 2.38. The highest BCUT2D eigenvalue weighted by Gasteiger charge is 2.17. The van der Waals surface area contributed by atoms with Crippen LogP contribution in [0.2, 0.25) is 5.02 Å². The lowest BCUT2D eigenvalue weighted by molar-refractivity contribution is -0.384. The van der Waals surface area contributed by atoms with E-state index >= 15 is 0 Å². The number of carboxylic acid groups (broad SMARTS) is 1. The van der Waals surface area contributed by atoms with Gasteiger partial charge in [0.1, 0.15) is 5.02 Å². The van der Waals surface area contributed by atoms with E-state index in [1.165, 1.54) is 12.1 Å². The van der Waals surface area contributed by atoms with Crippen LogP contribution >= 0.6 is 11.6 Å². The van der Waals surface area contributed by atoms with Crippen molar-refractivity contribution in [1.29, 1.82) is 0 Å². The Bertz CT molecular complexity index is 561. The van der Waals surface area contributed by atoms with Crippen LogP contribution in [-0.2, 0) is 4.79 Å². The topological polar surface area (TPSA) is 110 Å². The number of hydrogen-bond acceptors (Lipinski definition) is 4. The normalized spacial score (nSPS) is 11.7. The summed E-state index contributed by atoms with van der Waals surface area (Å²) in [6, 6.07) is 3.58. The Balaban J connectivity index is 2.65. The molecule has 1 unspecified atom stereocenters. The average molecular weight is 315 g/mol. The first-order valence-corrected chi connectivity index (χ1v) is 6.65. The van der Waals surface area contributed by atoms with E-state index in [0.29, 0.717) is 12.8 Å². The smallest absolute Gasteiger partial charge is 0.303 e. The number of rotatable bonds is 7. The van der Waals surface area contributed by atoms with E-state index in [1.54, 1.807) is 6.92 Å². The Morgan fingerprint density at radius 3 is 2.71 bits per heavy atom. The third-order valence-corrected chi connectivity index (χ3v) is 3.13. The predicted molar refractivity (Wildman–Crippen MR) is 76.5 cm³/mol. The van der Waals surface area contributed by atoms with Crippen LogP contribution in [0, 0.1) is 10.1 Å². The predicted octanol–water partition coefficient (Wildman–Crippen LogP) is 2.62. The van der Waals surface area contributed by atoms with Gasteiger partial charge in [-0.05, 0) is 31.9 Å². The highest BCUT2D eigenvalue weighted by atomic mass is 35.5. The minimum absolute atomic E-state index is 0.0344. The van der Waals surface area contributed by atoms with E-state index in [-0.39, 0.29) is 28.7 Å². The zero-order valence-corrected chi connectivity index (χ0v) is 12.1. The highest BCUT2D eigenvalue weighted by Crippen LogP contribution is 2.25. The summed E-state index contributed by atoms with van der Waals surface area (Å²) < 4.78 is 0. The SMILES string of the molecule is CC(CCCC(=O)O)NC(=O)c1ccc(Cl)c([N+](=O)[O-])c1. The summed E-state index contributed by atoms with van der Waals surface area (Å²) in [7, 11) is 0. The fraction of sp³-hybridized carbons (Fsp3) is 0.385. The summed E-state index contributed by atoms with van der Waals surface area (Å²) in [4.78, 5) is 32.4. The molecular weight excluding hydrogens is 300 g/mol. The number of benzene rings is 1. The van der Waals surface area contributed by atoms with Crippen molar-refractivity contribution in [2.45, 2.75) is 32.2 Å². The zero-order chi connectivity index (χ0) is 16.0. The third kappa shape index (κ3) is 5.39. The molecular formula is C13H15ClN2O5. The second kappa shape index (κ2) is 7.58. The van der Waals surface area contributed by atoms with Gasteiger partial charge in [0.15, 0.2) is 0 Å². The molecule has 1 amide bonds. The molecule has 0 aliphatic carbocycles. The van der Waals surface area contributed by atoms with Gasteiger partial charge in [0.05, 0.1) is 4.92 Å². The molecule has 0 aromatic heterocycles. The number of halogens is 1. The van der Waals surface area contributed by atoms with Gasteiger partial charge in [-0.25, -0.2) is 0 Å². The molecule has 1 rings (SSSR count). The number of aliphatic carboxylic acids is 1. The number of carbonyl (C=O) groups excluding carboxylic acids is 1. The molecule has 0 bridgehead atoms. The van der Waals surface area contributed by atoms with Crippen molar-refractivity contribution >= 4 is 29.2 Å². The van der Waals surface area contributed by atoms with Crippen LogP contribution in [0.1, 0.15) is 36.5 Å². The zero-order valence-electron chi connectivity index (χ0n) is 11.3. The molecule has 8 heteroatoms. The molecule has 1 aromatic rings. The Morgan fingerprint density at radius 1 is 1.48 bits per heavy atom. The van der Waals surface area contributed by atoms with Crippen LogP contribution in [0.4, 0.5) is 5.69 Å². The quantitative estimate of drug-likeness (QED) is 0.594. The Morgan fingerprint density at radius 2 is 2.14 bits per heavy atom. The first-order chi connectivity index (χ1) is 9.81. The van der Waals surface area contributed by atoms with Gasteiger partial charge in [0, 0.05) is 24.1 Å². The van der Waals surface area contributed by atoms with Crippen LogP contribution < -0.4 is 5.32 Å². The molecule has 0 aliphatic rings. The lowest BCUT2D eigenvalue weighted by Crippen LogP contribution is -2.32. The molecule has 2 N–H and O–H groups in total. The van der Waals surface area contributed by atoms with Crippen molar-refractivity contribution in [3.05, 3.63) is 38.9 Å². The van der Waals surface area contributed by atoms with Gasteiger partial charge < -0.3 is 10.4 Å². The number of hydrogen-bond donors (Lipinski definition) is 2. The maximum Gasteiger partial charge on any atom is 0.303 e. The van der Waals surface area contributed by atoms with Crippen LogP contribution in [0.5, 0.6) is 0 Å². The van der Waals surface area contributed by atoms with E-state index in [9.17, 15) is 19.7 Å². The molecule has 0 radical (unpaired) electrons. The molecule has 114 valence electrons. The molecule has 0 aliphatic heterocycles. The third-order valence-electron chi connectivity index (χ3n) is 2.81. The minimum Gasteiger partial charge on any atom is -0.481 e. The van der Waals surface area contributed by atoms with E-state index in [1.807, 2.05) is 0 Å². The highest BCUT2D eigenvalue weighted by molar-refractivity contribution is 6.32. The molecule has 7 nitrogen and oxygen atoms in total. The summed E-state index contributed by atoms with van der Waals surface area (Å²) in [5.74, 6) is -1.35. The molecule has 0 fully saturated rings. The maximum absolute atomic E-state index is 11.9. The van der Waals surface area contributed by atoms with E-state index < -0.39 is 16.8 Å². The summed E-state index contributed by atoms with van der Waals surface area (Å²) in [5, 5.41) is 21.9. The monoisotopic (exact) mass is 314 g/mol. The fourth-order valence-electron chi connectivity index (χ4n) is 1.73. The summed E-state index contributed by atoms with van der Waals surface area (Å²) >= 11 is 5.67. The van der Waals surface area contributed by atoms with Gasteiger partial charge in [-0.2, -0.15) is 0 Å². The Hall–Kier alpha value is -2.15. The number of amides is 1. The number of nitrogens with one attached hydrogen (secondary N) is 1. The van der Waals surface area contributed by atoms with Crippen molar-refractivity contribution in [2.75, 3.05) is 0 Å². The number of carbonyl (C=O) groups is 2. The first kappa shape index (κ1) is 16.9. The fourth-order valence-corrected chi connectivity index (χ4v) is 1.92. The van der Waals surface area contributed by atoms with Crippen molar-refractivity contribution < 1.29 is 19.6 Å². The van der Waals surface area contributed by atoms with E-state index in [4.69, 9.17) is 16.7 Å². The van der Waals surface area contributed by atoms with E-state index in [2.05, 4.69) is 5.32 Å². The van der Waals surface area contributed by atoms with Crippen LogP contribution in [-0.4, -0.2) is 27.9 Å². The molecule has 0 saturated heterocycles. The number of nitrogens with zero attached hydrogens (tertiary/aromatic N) is 1. The van der Waals surface area contributed by atoms with Crippen molar-refractivity contribution in [1.82, 2.24) is 5.32 Å². The largest absolute Gasteiger partial charge is 0.481 e. The van der Waals surface area contributed by atoms with Gasteiger partial charge >= 0.3 is 5.97 Å². The van der Waals surface area contributed by atoms with Crippen molar-refractivity contribution in [2.24, 2.45) is 0 Å². The lowest BCUT2D eigenvalue weighted by atomic mass is 10.1. The molecule has 0 spiro atoms. The van der Waals surface area contributed by atoms with Gasteiger partial charge in [-0.15, -0.1) is 0 Å². The lowest BCUT2D eigenvalue weighted by Gasteiger charge is -2.13. The van der Waals surface area contributed by atoms with E-state index in [0.717, 1.165) is 6.07 Å². The molecule has 1 atom stereocenters. The number of nitro benzene ring substituents is 1. The summed E-state index contributed by atoms with van der Waals surface area (Å²) in [5.41, 5.74) is -0.195. The first-order valence-electron chi connectivity index (χ1n) is 6.28. The van der Waals surface area contributed by atoms with Crippen molar-refractivity contribution in [3.8, 4) is 0 Å².